The molecule has 0 saturated carbocycles. The maximum Gasteiger partial charge on any atom is 0.432 e. The molecule has 4 aliphatic rings. The van der Waals surface area contributed by atoms with Crippen LogP contribution in [0.4, 0.5) is 26.3 Å². The van der Waals surface area contributed by atoms with Crippen molar-refractivity contribution in [3.05, 3.63) is 107 Å². The van der Waals surface area contributed by atoms with Gasteiger partial charge in [-0.05, 0) is 44.3 Å². The van der Waals surface area contributed by atoms with E-state index in [0.29, 0.717) is 14.2 Å². The van der Waals surface area contributed by atoms with Crippen molar-refractivity contribution < 1.29 is 92.9 Å². The van der Waals surface area contributed by atoms with Crippen molar-refractivity contribution in [2.75, 3.05) is 21.3 Å². The first kappa shape index (κ1) is 53.5. The Balaban J connectivity index is 1.50. The van der Waals surface area contributed by atoms with Gasteiger partial charge in [0, 0.05) is 31.8 Å². The zero-order valence-electron chi connectivity index (χ0n) is 38.5. The molecule has 6 rings (SSSR count). The summed E-state index contributed by atoms with van der Waals surface area (Å²) < 4.78 is 149. The molecule has 4 aliphatic heterocycles. The summed E-state index contributed by atoms with van der Waals surface area (Å²) in [7, 11) is 2.43. The third-order valence-corrected chi connectivity index (χ3v) is 12.6. The normalized spacial score (nSPS) is 31.0. The Bertz CT molecular complexity index is 2240. The summed E-state index contributed by atoms with van der Waals surface area (Å²) in [6, 6.07) is 11.7. The number of carbonyl (C=O) groups is 4. The van der Waals surface area contributed by atoms with E-state index in [1.807, 2.05) is 0 Å². The second-order valence-electron chi connectivity index (χ2n) is 17.5. The molecule has 378 valence electrons. The zero-order valence-corrected chi connectivity index (χ0v) is 39.2. The molecule has 0 radical (unpaired) electrons. The highest BCUT2D eigenvalue weighted by molar-refractivity contribution is 6.30. The lowest BCUT2D eigenvalue weighted by atomic mass is 9.92. The van der Waals surface area contributed by atoms with Gasteiger partial charge in [0.1, 0.15) is 36.6 Å². The first-order valence-electron chi connectivity index (χ1n) is 21.9. The molecule has 4 heterocycles. The Morgan fingerprint density at radius 2 is 1.39 bits per heavy atom. The Morgan fingerprint density at radius 3 is 1.94 bits per heavy atom. The van der Waals surface area contributed by atoms with Gasteiger partial charge >= 0.3 is 36.2 Å². The Morgan fingerprint density at radius 1 is 0.812 bits per heavy atom. The van der Waals surface area contributed by atoms with E-state index in [9.17, 15) is 19.2 Å². The quantitative estimate of drug-likeness (QED) is 0.0826. The zero-order chi connectivity index (χ0) is 50.7. The lowest BCUT2D eigenvalue weighted by Crippen LogP contribution is -2.54. The summed E-state index contributed by atoms with van der Waals surface area (Å²) in [5, 5.41) is -0.457. The fourth-order valence-electron chi connectivity index (χ4n) is 8.91. The molecule has 3 fully saturated rings. The van der Waals surface area contributed by atoms with Crippen molar-refractivity contribution in [3.8, 4) is 0 Å². The number of carbonyl (C=O) groups excluding carboxylic acids is 4. The summed E-state index contributed by atoms with van der Waals surface area (Å²) in [5.74, 6) is -8.09. The van der Waals surface area contributed by atoms with Gasteiger partial charge in [0.2, 0.25) is 0 Å². The summed E-state index contributed by atoms with van der Waals surface area (Å²) in [4.78, 5) is 55.1. The van der Waals surface area contributed by atoms with E-state index in [-0.39, 0.29) is 12.8 Å². The molecule has 69 heavy (non-hydrogen) atoms. The highest BCUT2D eigenvalue weighted by Gasteiger charge is 2.66. The second kappa shape index (κ2) is 21.3. The van der Waals surface area contributed by atoms with Crippen molar-refractivity contribution in [1.82, 2.24) is 0 Å². The summed E-state index contributed by atoms with van der Waals surface area (Å²) >= 11 is 6.90. The van der Waals surface area contributed by atoms with Gasteiger partial charge in [-0.25, -0.2) is 14.4 Å². The SMILES string of the molecule is COC(=O)C[C@@H](C)/C=C/[C@@H](OC(=O)[C@](OC)(c1ccccc1)C(F)(F)F)[C@@H]1O[C@@H]2C[C@@H]1OC(=O)[C@@H]1O[C@H](C[C@H]1C)[C@H]1OC(C)(C)O[C@@H]1/C=C\C=C(/Cl)[C@H]2OC(=O)[C@](OC)(c1ccccc1)C(F)(F)F. The van der Waals surface area contributed by atoms with Gasteiger partial charge in [-0.2, -0.15) is 26.3 Å². The number of benzene rings is 2. The Hall–Kier alpha value is -4.83. The topological polar surface area (TPSA) is 161 Å². The van der Waals surface area contributed by atoms with E-state index in [1.165, 1.54) is 67.6 Å². The van der Waals surface area contributed by atoms with Crippen LogP contribution < -0.4 is 0 Å². The third-order valence-electron chi connectivity index (χ3n) is 12.3. The molecule has 0 aliphatic carbocycles. The van der Waals surface area contributed by atoms with Crippen LogP contribution in [0.1, 0.15) is 58.1 Å². The van der Waals surface area contributed by atoms with E-state index in [1.54, 1.807) is 20.8 Å². The number of alkyl halides is 6. The van der Waals surface area contributed by atoms with Crippen LogP contribution in [0.5, 0.6) is 0 Å². The van der Waals surface area contributed by atoms with Gasteiger partial charge in [-0.1, -0.05) is 104 Å². The number of methoxy groups -OCH3 is 3. The molecule has 0 N–H and O–H groups in total. The monoisotopic (exact) mass is 1000 g/mol. The average Bonchev–Trinajstić information content (AvgIpc) is 3.98. The van der Waals surface area contributed by atoms with Crippen LogP contribution >= 0.6 is 11.6 Å². The van der Waals surface area contributed by atoms with Crippen molar-refractivity contribution in [3.63, 3.8) is 0 Å². The lowest BCUT2D eigenvalue weighted by Gasteiger charge is -2.35. The number of rotatable bonds is 13. The maximum absolute atomic E-state index is 15.3. The molecule has 0 spiro atoms. The number of ether oxygens (including phenoxy) is 10. The lowest BCUT2D eigenvalue weighted by molar-refractivity contribution is -0.279. The van der Waals surface area contributed by atoms with Crippen LogP contribution in [0, 0.1) is 11.8 Å². The number of esters is 4. The van der Waals surface area contributed by atoms with Crippen LogP contribution in [-0.4, -0.2) is 118 Å². The highest BCUT2D eigenvalue weighted by Crippen LogP contribution is 2.47. The van der Waals surface area contributed by atoms with Crippen molar-refractivity contribution in [2.24, 2.45) is 11.8 Å². The molecule has 21 heteroatoms. The first-order valence-corrected chi connectivity index (χ1v) is 22.2. The molecule has 4 bridgehead atoms. The van der Waals surface area contributed by atoms with Gasteiger partial charge in [-0.15, -0.1) is 0 Å². The minimum atomic E-state index is -5.46. The fourth-order valence-corrected chi connectivity index (χ4v) is 9.17. The Labute approximate surface area is 399 Å². The molecule has 2 aromatic rings. The maximum atomic E-state index is 15.3. The van der Waals surface area contributed by atoms with Gasteiger partial charge in [0.25, 0.3) is 11.2 Å². The molecule has 3 saturated heterocycles. The number of allylic oxidation sites excluding steroid dienone is 3. The number of fused-ring (bicyclic) bond motifs is 6. The summed E-state index contributed by atoms with van der Waals surface area (Å²) in [6.45, 7) is 6.55. The van der Waals surface area contributed by atoms with E-state index in [2.05, 4.69) is 0 Å². The van der Waals surface area contributed by atoms with Gasteiger partial charge in [0.05, 0.1) is 24.7 Å². The predicted octanol–water partition coefficient (Wildman–Crippen LogP) is 7.85. The van der Waals surface area contributed by atoms with Crippen molar-refractivity contribution >= 4 is 35.5 Å². The molecule has 13 atom stereocenters. The van der Waals surface area contributed by atoms with Gasteiger partial charge in [0.15, 0.2) is 18.0 Å². The van der Waals surface area contributed by atoms with E-state index < -0.39 is 143 Å². The van der Waals surface area contributed by atoms with E-state index in [0.717, 1.165) is 37.5 Å². The minimum absolute atomic E-state index is 0.255. The second-order valence-corrected chi connectivity index (χ2v) is 17.9. The average molecular weight is 1000 g/mol. The Kier molecular flexibility index (Phi) is 16.5. The van der Waals surface area contributed by atoms with E-state index in [4.69, 9.17) is 59.0 Å². The number of hydrogen-bond acceptors (Lipinski definition) is 14. The molecule has 2 aromatic carbocycles. The smallest absolute Gasteiger partial charge is 0.432 e. The molecule has 14 nitrogen and oxygen atoms in total. The molecule has 0 amide bonds. The van der Waals surface area contributed by atoms with E-state index >= 15 is 26.3 Å². The van der Waals surface area contributed by atoms with Crippen molar-refractivity contribution in [1.29, 1.82) is 0 Å². The summed E-state index contributed by atoms with van der Waals surface area (Å²) in [6.07, 6.45) is -17.8. The van der Waals surface area contributed by atoms with Gasteiger partial charge < -0.3 is 47.4 Å². The highest BCUT2D eigenvalue weighted by atomic mass is 35.5. The molecule has 0 unspecified atom stereocenters. The first-order chi connectivity index (χ1) is 32.4. The largest absolute Gasteiger partial charge is 0.469 e. The summed E-state index contributed by atoms with van der Waals surface area (Å²) in [5.41, 5.74) is -8.85. The third kappa shape index (κ3) is 11.1. The number of halogens is 7. The van der Waals surface area contributed by atoms with Crippen LogP contribution in [0.2, 0.25) is 0 Å². The van der Waals surface area contributed by atoms with Crippen LogP contribution in [-0.2, 0) is 77.7 Å². The van der Waals surface area contributed by atoms with Crippen LogP contribution in [0.15, 0.2) is 96.1 Å². The molecular formula is C48H53ClF6O14. The van der Waals surface area contributed by atoms with Crippen LogP contribution in [0.25, 0.3) is 0 Å². The molecule has 0 aromatic heterocycles. The molecular weight excluding hydrogens is 950 g/mol. The standard InChI is InChI=1S/C48H53ClF6O14/c1-26(23-36(56)60-5)21-22-31(66-42(58)45(61-6,47(50,51)52)28-15-10-8-11-16-28)39-35-25-34(64-39)38(67-43(59)46(62-7,48(53,54)55)29-17-12-9-13-18-29)30(49)19-14-20-32-40(69-44(3,4)68-32)33-24-27(2)37(63-33)41(57)65-35/h8-22,26-27,31-35,37-40H,23-25H2,1-7H3/b20-14-,22-21+,30-19-/t26-,27+,31+,32+,33+,34+,35-,37+,38+,39-,40-,45+,46+/m0/s1. The van der Waals surface area contributed by atoms with Crippen LogP contribution in [0.3, 0.4) is 0 Å². The minimum Gasteiger partial charge on any atom is -0.469 e. The fraction of sp³-hybridized carbons (Fsp3) is 0.542. The van der Waals surface area contributed by atoms with Crippen molar-refractivity contribution in [2.45, 2.75) is 131 Å². The number of hydrogen-bond donors (Lipinski definition) is 0. The predicted molar refractivity (Wildman–Crippen MR) is 230 cm³/mol. The van der Waals surface area contributed by atoms with Gasteiger partial charge in [-0.3, -0.25) is 4.79 Å².